The number of Topliss-reactive ketones (excluding diaryl/α,β-unsaturated/α-hetero) is 1. The molecule has 0 aromatic carbocycles. The average molecular weight is 179 g/mol. The van der Waals surface area contributed by atoms with E-state index in [4.69, 9.17) is 0 Å². The van der Waals surface area contributed by atoms with Crippen LogP contribution in [0.2, 0.25) is 0 Å². The molecular weight excluding hydrogens is 169 g/mol. The molecule has 1 aliphatic carbocycles. The van der Waals surface area contributed by atoms with E-state index >= 15 is 0 Å². The quantitative estimate of drug-likeness (QED) is 0.648. The summed E-state index contributed by atoms with van der Waals surface area (Å²) in [5, 5.41) is 0. The zero-order valence-electron chi connectivity index (χ0n) is 7.38. The number of nitrogens with zero attached hydrogens (tertiary/aromatic N) is 1. The summed E-state index contributed by atoms with van der Waals surface area (Å²) in [5.41, 5.74) is -0.0827. The van der Waals surface area contributed by atoms with Gasteiger partial charge in [0.05, 0.1) is 5.41 Å². The van der Waals surface area contributed by atoms with Gasteiger partial charge in [-0.1, -0.05) is 6.07 Å². The van der Waals surface area contributed by atoms with E-state index in [1.165, 1.54) is 13.1 Å². The van der Waals surface area contributed by atoms with Gasteiger partial charge < -0.3 is 0 Å². The molecule has 68 valence electrons. The molecule has 0 unspecified atom stereocenters. The maximum absolute atomic E-state index is 13.2. The summed E-state index contributed by atoms with van der Waals surface area (Å²) in [6.07, 6.45) is 2.91. The number of hydrogen-bond donors (Lipinski definition) is 0. The Kier molecular flexibility index (Phi) is 1.68. The lowest BCUT2D eigenvalue weighted by atomic mass is 9.93. The molecule has 0 amide bonds. The van der Waals surface area contributed by atoms with Crippen LogP contribution in [0.15, 0.2) is 18.3 Å². The van der Waals surface area contributed by atoms with E-state index < -0.39 is 11.4 Å². The second kappa shape index (κ2) is 2.62. The number of carbonyl (C=O) groups is 1. The maximum atomic E-state index is 13.2. The lowest BCUT2D eigenvalue weighted by Crippen LogP contribution is -2.19. The third kappa shape index (κ3) is 1.15. The number of pyridine rings is 1. The van der Waals surface area contributed by atoms with Gasteiger partial charge in [-0.15, -0.1) is 0 Å². The highest BCUT2D eigenvalue weighted by atomic mass is 19.1. The Morgan fingerprint density at radius 3 is 2.77 bits per heavy atom. The van der Waals surface area contributed by atoms with Crippen LogP contribution in [-0.4, -0.2) is 10.8 Å². The molecule has 0 saturated heterocycles. The Balaban J connectivity index is 2.47. The van der Waals surface area contributed by atoms with Gasteiger partial charge in [-0.25, -0.2) is 4.98 Å². The van der Waals surface area contributed by atoms with Gasteiger partial charge in [-0.3, -0.25) is 4.79 Å². The van der Waals surface area contributed by atoms with E-state index in [9.17, 15) is 9.18 Å². The molecule has 13 heavy (non-hydrogen) atoms. The van der Waals surface area contributed by atoms with Crippen LogP contribution in [-0.2, 0) is 10.2 Å². The van der Waals surface area contributed by atoms with Crippen molar-refractivity contribution in [3.05, 3.63) is 29.8 Å². The first-order valence-electron chi connectivity index (χ1n) is 4.29. The smallest absolute Gasteiger partial charge is 0.217 e. The van der Waals surface area contributed by atoms with Gasteiger partial charge in [-0.05, 0) is 25.8 Å². The summed E-state index contributed by atoms with van der Waals surface area (Å²) in [4.78, 5) is 14.8. The van der Waals surface area contributed by atoms with Crippen molar-refractivity contribution in [1.82, 2.24) is 4.98 Å². The van der Waals surface area contributed by atoms with Crippen molar-refractivity contribution < 1.29 is 9.18 Å². The summed E-state index contributed by atoms with van der Waals surface area (Å²) in [6, 6.07) is 3.32. The maximum Gasteiger partial charge on any atom is 0.217 e. The van der Waals surface area contributed by atoms with Gasteiger partial charge in [0.1, 0.15) is 5.78 Å². The number of aromatic nitrogens is 1. The Bertz CT molecular complexity index is 358. The van der Waals surface area contributed by atoms with E-state index in [0.29, 0.717) is 5.56 Å². The molecule has 0 radical (unpaired) electrons. The second-order valence-corrected chi connectivity index (χ2v) is 3.48. The highest BCUT2D eigenvalue weighted by Crippen LogP contribution is 2.49. The number of carbonyl (C=O) groups excluding carboxylic acids is 1. The van der Waals surface area contributed by atoms with E-state index in [-0.39, 0.29) is 5.78 Å². The molecule has 3 heteroatoms. The Hall–Kier alpha value is -1.25. The second-order valence-electron chi connectivity index (χ2n) is 3.48. The minimum absolute atomic E-state index is 0.0411. The Morgan fingerprint density at radius 2 is 2.31 bits per heavy atom. The topological polar surface area (TPSA) is 30.0 Å². The first kappa shape index (κ1) is 8.35. The number of hydrogen-bond acceptors (Lipinski definition) is 2. The van der Waals surface area contributed by atoms with Crippen molar-refractivity contribution in [2.45, 2.75) is 25.2 Å². The van der Waals surface area contributed by atoms with Crippen LogP contribution in [0.4, 0.5) is 4.39 Å². The van der Waals surface area contributed by atoms with Crippen LogP contribution in [0.1, 0.15) is 25.3 Å². The van der Waals surface area contributed by atoms with Crippen LogP contribution in [0.5, 0.6) is 0 Å². The van der Waals surface area contributed by atoms with E-state index in [2.05, 4.69) is 4.98 Å². The van der Waals surface area contributed by atoms with E-state index in [1.54, 1.807) is 12.1 Å². The largest absolute Gasteiger partial charge is 0.299 e. The molecule has 0 bridgehead atoms. The standard InChI is InChI=1S/C10H10FNO/c1-7(13)10(4-5-10)8-3-2-6-12-9(8)11/h2-3,6H,4-5H2,1H3. The molecule has 2 nitrogen and oxygen atoms in total. The fourth-order valence-corrected chi connectivity index (χ4v) is 1.68. The molecule has 1 heterocycles. The summed E-state index contributed by atoms with van der Waals surface area (Å²) in [6.45, 7) is 1.51. The zero-order chi connectivity index (χ0) is 9.47. The highest BCUT2D eigenvalue weighted by Gasteiger charge is 2.50. The predicted molar refractivity (Wildman–Crippen MR) is 45.8 cm³/mol. The molecule has 0 spiro atoms. The number of halogens is 1. The molecule has 0 atom stereocenters. The van der Waals surface area contributed by atoms with Crippen LogP contribution < -0.4 is 0 Å². The average Bonchev–Trinajstić information content (AvgIpc) is 2.85. The molecule has 1 saturated carbocycles. The molecule has 1 aromatic rings. The van der Waals surface area contributed by atoms with E-state index in [1.807, 2.05) is 0 Å². The monoisotopic (exact) mass is 179 g/mol. The van der Waals surface area contributed by atoms with Crippen LogP contribution >= 0.6 is 0 Å². The summed E-state index contributed by atoms with van der Waals surface area (Å²) in [7, 11) is 0. The van der Waals surface area contributed by atoms with Crippen LogP contribution in [0.3, 0.4) is 0 Å². The molecule has 1 aromatic heterocycles. The normalized spacial score (nSPS) is 18.3. The van der Waals surface area contributed by atoms with Gasteiger partial charge in [0.15, 0.2) is 0 Å². The fourth-order valence-electron chi connectivity index (χ4n) is 1.68. The first-order valence-corrected chi connectivity index (χ1v) is 4.29. The molecular formula is C10H10FNO. The highest BCUT2D eigenvalue weighted by molar-refractivity contribution is 5.91. The Labute approximate surface area is 75.8 Å². The SMILES string of the molecule is CC(=O)C1(c2cccnc2F)CC1. The van der Waals surface area contributed by atoms with Gasteiger partial charge in [0, 0.05) is 11.8 Å². The Morgan fingerprint density at radius 1 is 1.62 bits per heavy atom. The van der Waals surface area contributed by atoms with Crippen molar-refractivity contribution >= 4 is 5.78 Å². The summed E-state index contributed by atoms with van der Waals surface area (Å²) in [5.74, 6) is -0.463. The van der Waals surface area contributed by atoms with Crippen molar-refractivity contribution in [2.24, 2.45) is 0 Å². The van der Waals surface area contributed by atoms with E-state index in [0.717, 1.165) is 12.8 Å². The summed E-state index contributed by atoms with van der Waals surface area (Å²) < 4.78 is 13.2. The minimum atomic E-state index is -0.543. The van der Waals surface area contributed by atoms with Crippen LogP contribution in [0, 0.1) is 5.95 Å². The molecule has 1 fully saturated rings. The lowest BCUT2D eigenvalue weighted by Gasteiger charge is -2.10. The summed E-state index contributed by atoms with van der Waals surface area (Å²) >= 11 is 0. The molecule has 1 aliphatic rings. The number of rotatable bonds is 2. The van der Waals surface area contributed by atoms with Gasteiger partial charge in [-0.2, -0.15) is 4.39 Å². The first-order chi connectivity index (χ1) is 6.17. The van der Waals surface area contributed by atoms with Crippen LogP contribution in [0.25, 0.3) is 0 Å². The third-order valence-electron chi connectivity index (χ3n) is 2.70. The van der Waals surface area contributed by atoms with Gasteiger partial charge in [0.25, 0.3) is 0 Å². The fraction of sp³-hybridized carbons (Fsp3) is 0.400. The minimum Gasteiger partial charge on any atom is -0.299 e. The number of ketones is 1. The van der Waals surface area contributed by atoms with Crippen molar-refractivity contribution in [2.75, 3.05) is 0 Å². The lowest BCUT2D eigenvalue weighted by molar-refractivity contribution is -0.119. The third-order valence-corrected chi connectivity index (χ3v) is 2.70. The molecule has 0 N–H and O–H groups in total. The zero-order valence-corrected chi connectivity index (χ0v) is 7.38. The van der Waals surface area contributed by atoms with Gasteiger partial charge in [0.2, 0.25) is 5.95 Å². The van der Waals surface area contributed by atoms with Crippen molar-refractivity contribution in [3.63, 3.8) is 0 Å². The predicted octanol–water partition coefficient (Wildman–Crippen LogP) is 1.84. The van der Waals surface area contributed by atoms with Crippen molar-refractivity contribution in [1.29, 1.82) is 0 Å². The van der Waals surface area contributed by atoms with Gasteiger partial charge >= 0.3 is 0 Å². The van der Waals surface area contributed by atoms with Crippen molar-refractivity contribution in [3.8, 4) is 0 Å². The molecule has 2 rings (SSSR count). The molecule has 0 aliphatic heterocycles.